The zero-order valence-corrected chi connectivity index (χ0v) is 16.1. The van der Waals surface area contributed by atoms with Crippen molar-refractivity contribution in [3.8, 4) is 17.6 Å². The molecule has 9 heteroatoms. The molecule has 0 aromatic heterocycles. The number of nitriles is 1. The molecule has 0 saturated carbocycles. The molecular weight excluding hydrogens is 374 g/mol. The molecule has 1 saturated heterocycles. The van der Waals surface area contributed by atoms with Crippen LogP contribution in [0.5, 0.6) is 11.5 Å². The van der Waals surface area contributed by atoms with E-state index in [9.17, 15) is 14.9 Å². The molecule has 1 aromatic carbocycles. The van der Waals surface area contributed by atoms with Crippen LogP contribution in [0.3, 0.4) is 0 Å². The summed E-state index contributed by atoms with van der Waals surface area (Å²) in [5.74, 6) is 0.156. The Labute approximate surface area is 161 Å². The number of amides is 2. The maximum atomic E-state index is 12.9. The van der Waals surface area contributed by atoms with Gasteiger partial charge in [-0.05, 0) is 24.0 Å². The van der Waals surface area contributed by atoms with Gasteiger partial charge in [-0.25, -0.2) is 0 Å². The molecule has 138 valence electrons. The van der Waals surface area contributed by atoms with Gasteiger partial charge in [0.2, 0.25) is 12.7 Å². The van der Waals surface area contributed by atoms with Gasteiger partial charge in [-0.3, -0.25) is 9.59 Å². The van der Waals surface area contributed by atoms with Crippen LogP contribution < -0.4 is 14.8 Å². The molecule has 1 aromatic rings. The van der Waals surface area contributed by atoms with Gasteiger partial charge in [-0.2, -0.15) is 17.0 Å². The summed E-state index contributed by atoms with van der Waals surface area (Å²) in [6, 6.07) is 6.96. The lowest BCUT2D eigenvalue weighted by atomic mass is 9.94. The molecule has 3 rings (SSSR count). The maximum Gasteiger partial charge on any atom is 0.256 e. The summed E-state index contributed by atoms with van der Waals surface area (Å²) in [7, 11) is 1.49. The highest BCUT2D eigenvalue weighted by atomic mass is 32.2. The summed E-state index contributed by atoms with van der Waals surface area (Å²) in [6.07, 6.45) is 1.96. The standard InChI is InChI=1S/C17H19N3O4S2/c1-19-16(22)17(25)6-11(7-18)15(20(17)14(21)8-26-2)10-3-4-12-13(5-10)24-9-23-12/h3-5,11,15,25H,6,8-9H2,1-2H3,(H,19,22)/t11?,15?,17-/m1/s1. The summed E-state index contributed by atoms with van der Waals surface area (Å²) in [4.78, 5) is 25.5. The van der Waals surface area contributed by atoms with E-state index in [1.807, 2.05) is 6.26 Å². The predicted octanol–water partition coefficient (Wildman–Crippen LogP) is 1.56. The van der Waals surface area contributed by atoms with Crippen molar-refractivity contribution >= 4 is 36.2 Å². The lowest BCUT2D eigenvalue weighted by Gasteiger charge is -2.36. The average Bonchev–Trinajstić information content (AvgIpc) is 3.22. The molecule has 1 N–H and O–H groups in total. The fourth-order valence-electron chi connectivity index (χ4n) is 3.48. The van der Waals surface area contributed by atoms with Crippen LogP contribution in [0.4, 0.5) is 0 Å². The minimum atomic E-state index is -1.39. The zero-order valence-electron chi connectivity index (χ0n) is 14.4. The van der Waals surface area contributed by atoms with Crippen molar-refractivity contribution in [1.82, 2.24) is 10.2 Å². The molecule has 7 nitrogen and oxygen atoms in total. The van der Waals surface area contributed by atoms with E-state index in [-0.39, 0.29) is 24.9 Å². The third-order valence-electron chi connectivity index (χ3n) is 4.59. The van der Waals surface area contributed by atoms with E-state index >= 15 is 0 Å². The number of likely N-dealkylation sites (N-methyl/N-ethyl adjacent to an activating group) is 1. The molecule has 2 heterocycles. The van der Waals surface area contributed by atoms with Crippen molar-refractivity contribution in [2.75, 3.05) is 25.8 Å². The van der Waals surface area contributed by atoms with Gasteiger partial charge in [0.25, 0.3) is 5.91 Å². The van der Waals surface area contributed by atoms with Crippen LogP contribution in [0, 0.1) is 17.2 Å². The van der Waals surface area contributed by atoms with E-state index in [1.165, 1.54) is 23.7 Å². The van der Waals surface area contributed by atoms with Crippen LogP contribution in [-0.2, 0) is 9.59 Å². The van der Waals surface area contributed by atoms with Crippen LogP contribution in [0.15, 0.2) is 18.2 Å². The first-order chi connectivity index (χ1) is 12.5. The molecule has 2 aliphatic rings. The van der Waals surface area contributed by atoms with Gasteiger partial charge in [0, 0.05) is 13.5 Å². The van der Waals surface area contributed by atoms with E-state index < -0.39 is 22.7 Å². The third kappa shape index (κ3) is 2.97. The first-order valence-corrected chi connectivity index (χ1v) is 9.85. The number of likely N-dealkylation sites (tertiary alicyclic amines) is 1. The first-order valence-electron chi connectivity index (χ1n) is 8.01. The molecular formula is C17H19N3O4S2. The number of hydrogen-bond donors (Lipinski definition) is 2. The monoisotopic (exact) mass is 393 g/mol. The normalized spacial score (nSPS) is 26.5. The molecule has 0 bridgehead atoms. The number of carbonyl (C=O) groups excluding carboxylic acids is 2. The van der Waals surface area contributed by atoms with E-state index in [1.54, 1.807) is 18.2 Å². The van der Waals surface area contributed by atoms with Crippen LogP contribution in [0.1, 0.15) is 18.0 Å². The zero-order chi connectivity index (χ0) is 18.9. The number of nitrogens with zero attached hydrogens (tertiary/aromatic N) is 2. The molecule has 2 unspecified atom stereocenters. The summed E-state index contributed by atoms with van der Waals surface area (Å²) in [5, 5.41) is 12.3. The Bertz CT molecular complexity index is 782. The number of benzene rings is 1. The maximum absolute atomic E-state index is 12.9. The SMILES string of the molecule is CNC(=O)[C@]1(S)CC(C#N)C(c2ccc3c(c2)OCO3)N1C(=O)CSC. The van der Waals surface area contributed by atoms with Gasteiger partial charge >= 0.3 is 0 Å². The lowest BCUT2D eigenvalue weighted by molar-refractivity contribution is -0.140. The Morgan fingerprint density at radius 2 is 2.19 bits per heavy atom. The summed E-state index contributed by atoms with van der Waals surface area (Å²) < 4.78 is 10.7. The van der Waals surface area contributed by atoms with Crippen molar-refractivity contribution in [3.63, 3.8) is 0 Å². The number of thioether (sulfide) groups is 1. The Balaban J connectivity index is 2.08. The summed E-state index contributed by atoms with van der Waals surface area (Å²) >= 11 is 5.92. The molecule has 0 aliphatic carbocycles. The van der Waals surface area contributed by atoms with Crippen molar-refractivity contribution in [2.45, 2.75) is 17.3 Å². The van der Waals surface area contributed by atoms with Crippen molar-refractivity contribution < 1.29 is 19.1 Å². The Morgan fingerprint density at radius 1 is 1.46 bits per heavy atom. The molecule has 1 fully saturated rings. The van der Waals surface area contributed by atoms with Gasteiger partial charge in [-0.15, -0.1) is 12.6 Å². The fourth-order valence-corrected chi connectivity index (χ4v) is 4.41. The average molecular weight is 393 g/mol. The molecule has 3 atom stereocenters. The molecule has 26 heavy (non-hydrogen) atoms. The van der Waals surface area contributed by atoms with Gasteiger partial charge in [-0.1, -0.05) is 6.07 Å². The van der Waals surface area contributed by atoms with Gasteiger partial charge in [0.05, 0.1) is 23.8 Å². The lowest BCUT2D eigenvalue weighted by Crippen LogP contribution is -2.54. The topological polar surface area (TPSA) is 91.7 Å². The second kappa shape index (κ2) is 7.29. The summed E-state index contributed by atoms with van der Waals surface area (Å²) in [6.45, 7) is 0.134. The molecule has 2 amide bonds. The van der Waals surface area contributed by atoms with Crippen molar-refractivity contribution in [2.24, 2.45) is 5.92 Å². The van der Waals surface area contributed by atoms with E-state index in [0.29, 0.717) is 11.5 Å². The highest BCUT2D eigenvalue weighted by Gasteiger charge is 2.56. The van der Waals surface area contributed by atoms with Crippen LogP contribution in [0.2, 0.25) is 0 Å². The van der Waals surface area contributed by atoms with Crippen molar-refractivity contribution in [1.29, 1.82) is 5.26 Å². The van der Waals surface area contributed by atoms with E-state index in [2.05, 4.69) is 24.0 Å². The van der Waals surface area contributed by atoms with Crippen LogP contribution in [0.25, 0.3) is 0 Å². The molecule has 2 aliphatic heterocycles. The first kappa shape index (κ1) is 18.7. The number of ether oxygens (including phenoxy) is 2. The minimum Gasteiger partial charge on any atom is -0.454 e. The second-order valence-corrected chi connectivity index (χ2v) is 7.70. The fraction of sp³-hybridized carbons (Fsp3) is 0.471. The molecule has 0 radical (unpaired) electrons. The van der Waals surface area contributed by atoms with Crippen LogP contribution >= 0.6 is 24.4 Å². The number of thiol groups is 1. The predicted molar refractivity (Wildman–Crippen MR) is 100 cm³/mol. The summed E-state index contributed by atoms with van der Waals surface area (Å²) in [5.41, 5.74) is 0.718. The number of nitrogens with one attached hydrogen (secondary N) is 1. The van der Waals surface area contributed by atoms with E-state index in [0.717, 1.165) is 5.56 Å². The van der Waals surface area contributed by atoms with E-state index in [4.69, 9.17) is 9.47 Å². The third-order valence-corrected chi connectivity index (χ3v) is 5.73. The van der Waals surface area contributed by atoms with Crippen LogP contribution in [-0.4, -0.2) is 47.4 Å². The molecule has 0 spiro atoms. The highest BCUT2D eigenvalue weighted by Crippen LogP contribution is 2.50. The van der Waals surface area contributed by atoms with Crippen molar-refractivity contribution in [3.05, 3.63) is 23.8 Å². The van der Waals surface area contributed by atoms with Gasteiger partial charge < -0.3 is 19.7 Å². The Hall–Kier alpha value is -2.05. The smallest absolute Gasteiger partial charge is 0.256 e. The van der Waals surface area contributed by atoms with Gasteiger partial charge in [0.1, 0.15) is 0 Å². The number of fused-ring (bicyclic) bond motifs is 1. The number of carbonyl (C=O) groups is 2. The number of hydrogen-bond acceptors (Lipinski definition) is 7. The Morgan fingerprint density at radius 3 is 2.85 bits per heavy atom. The Kier molecular flexibility index (Phi) is 5.25. The largest absolute Gasteiger partial charge is 0.454 e. The quantitative estimate of drug-likeness (QED) is 0.755. The number of rotatable bonds is 4. The highest BCUT2D eigenvalue weighted by molar-refractivity contribution is 7.99. The van der Waals surface area contributed by atoms with Gasteiger partial charge in [0.15, 0.2) is 16.4 Å². The second-order valence-electron chi connectivity index (χ2n) is 6.09. The minimum absolute atomic E-state index is 0.134.